The van der Waals surface area contributed by atoms with E-state index >= 15 is 0 Å². The highest BCUT2D eigenvalue weighted by Gasteiger charge is 2.09. The van der Waals surface area contributed by atoms with E-state index in [1.807, 2.05) is 6.92 Å². The van der Waals surface area contributed by atoms with E-state index in [2.05, 4.69) is 25.5 Å². The summed E-state index contributed by atoms with van der Waals surface area (Å²) in [4.78, 5) is 19.2. The van der Waals surface area contributed by atoms with Crippen molar-refractivity contribution in [1.82, 2.24) is 20.2 Å². The fourth-order valence-corrected chi connectivity index (χ4v) is 1.71. The van der Waals surface area contributed by atoms with E-state index in [-0.39, 0.29) is 5.91 Å². The fraction of sp³-hybridized carbons (Fsp3) is 0.222. The molecule has 82 valence electrons. The van der Waals surface area contributed by atoms with Gasteiger partial charge in [0.05, 0.1) is 5.56 Å². The lowest BCUT2D eigenvalue weighted by Gasteiger charge is -1.98. The number of rotatable bonds is 3. The number of aromatic nitrogens is 4. The number of nitrogens with one attached hydrogen (secondary N) is 1. The highest BCUT2D eigenvalue weighted by Crippen LogP contribution is 2.15. The van der Waals surface area contributed by atoms with E-state index in [0.29, 0.717) is 10.7 Å². The van der Waals surface area contributed by atoms with Crippen molar-refractivity contribution in [2.75, 3.05) is 5.32 Å². The summed E-state index contributed by atoms with van der Waals surface area (Å²) in [5.41, 5.74) is 0.399. The minimum atomic E-state index is -0.278. The normalized spacial score (nSPS) is 10.1. The summed E-state index contributed by atoms with van der Waals surface area (Å²) >= 11 is 1.36. The van der Waals surface area contributed by atoms with Crippen LogP contribution in [0.1, 0.15) is 22.3 Å². The molecule has 2 aromatic heterocycles. The van der Waals surface area contributed by atoms with E-state index in [9.17, 15) is 4.79 Å². The Kier molecular flexibility index (Phi) is 3.16. The molecule has 2 heterocycles. The zero-order valence-corrected chi connectivity index (χ0v) is 9.36. The average Bonchev–Trinajstić information content (AvgIpc) is 2.78. The molecule has 0 unspecified atom stereocenters. The maximum atomic E-state index is 11.7. The Labute approximate surface area is 95.8 Å². The second-order valence-electron chi connectivity index (χ2n) is 2.94. The Morgan fingerprint density at radius 3 is 2.75 bits per heavy atom. The maximum absolute atomic E-state index is 11.7. The molecule has 0 fully saturated rings. The fourth-order valence-electron chi connectivity index (χ4n) is 1.03. The van der Waals surface area contributed by atoms with Crippen molar-refractivity contribution in [3.8, 4) is 0 Å². The van der Waals surface area contributed by atoms with Crippen LogP contribution < -0.4 is 5.32 Å². The van der Waals surface area contributed by atoms with E-state index in [4.69, 9.17) is 0 Å². The second-order valence-corrected chi connectivity index (χ2v) is 4.00. The molecular weight excluding hydrogens is 226 g/mol. The van der Waals surface area contributed by atoms with Crippen molar-refractivity contribution in [3.05, 3.63) is 29.3 Å². The minimum absolute atomic E-state index is 0.278. The molecule has 0 aliphatic heterocycles. The molecular formula is C9H9N5OS. The molecule has 0 aliphatic rings. The molecule has 0 saturated carbocycles. The number of carbonyl (C=O) groups is 1. The quantitative estimate of drug-likeness (QED) is 0.862. The van der Waals surface area contributed by atoms with Crippen molar-refractivity contribution in [2.45, 2.75) is 13.3 Å². The standard InChI is InChI=1S/C9H9N5OS/c1-2-7-13-14-9(16-7)12-8(15)6-3-10-5-11-4-6/h3-5H,2H2,1H3,(H,12,14,15). The molecule has 6 nitrogen and oxygen atoms in total. The largest absolute Gasteiger partial charge is 0.296 e. The van der Waals surface area contributed by atoms with Crippen molar-refractivity contribution < 1.29 is 4.79 Å². The minimum Gasteiger partial charge on any atom is -0.296 e. The number of aryl methyl sites for hydroxylation is 1. The van der Waals surface area contributed by atoms with Crippen LogP contribution in [0, 0.1) is 0 Å². The van der Waals surface area contributed by atoms with Crippen molar-refractivity contribution in [2.24, 2.45) is 0 Å². The van der Waals surface area contributed by atoms with Gasteiger partial charge in [-0.05, 0) is 6.42 Å². The van der Waals surface area contributed by atoms with Gasteiger partial charge in [-0.1, -0.05) is 18.3 Å². The van der Waals surface area contributed by atoms with Crippen LogP contribution in [0.4, 0.5) is 5.13 Å². The number of hydrogen-bond donors (Lipinski definition) is 1. The maximum Gasteiger partial charge on any atom is 0.260 e. The molecule has 2 aromatic rings. The average molecular weight is 235 g/mol. The summed E-state index contributed by atoms with van der Waals surface area (Å²) in [6.45, 7) is 1.98. The van der Waals surface area contributed by atoms with Crippen LogP contribution in [0.2, 0.25) is 0 Å². The lowest BCUT2D eigenvalue weighted by Crippen LogP contribution is -2.12. The molecule has 0 saturated heterocycles. The molecule has 16 heavy (non-hydrogen) atoms. The smallest absolute Gasteiger partial charge is 0.260 e. The van der Waals surface area contributed by atoms with Gasteiger partial charge in [0.2, 0.25) is 5.13 Å². The molecule has 0 bridgehead atoms. The first-order valence-corrected chi connectivity index (χ1v) is 5.50. The first-order valence-electron chi connectivity index (χ1n) is 4.68. The van der Waals surface area contributed by atoms with Crippen LogP contribution >= 0.6 is 11.3 Å². The summed E-state index contributed by atoms with van der Waals surface area (Å²) in [7, 11) is 0. The molecule has 0 aromatic carbocycles. The Morgan fingerprint density at radius 2 is 2.12 bits per heavy atom. The molecule has 0 radical (unpaired) electrons. The van der Waals surface area contributed by atoms with Gasteiger partial charge in [-0.2, -0.15) is 0 Å². The topological polar surface area (TPSA) is 80.7 Å². The van der Waals surface area contributed by atoms with Crippen molar-refractivity contribution >= 4 is 22.4 Å². The van der Waals surface area contributed by atoms with Crippen LogP contribution in [-0.2, 0) is 6.42 Å². The number of carbonyl (C=O) groups excluding carboxylic acids is 1. The summed E-state index contributed by atoms with van der Waals surface area (Å²) in [5.74, 6) is -0.278. The predicted octanol–water partition coefficient (Wildman–Crippen LogP) is 1.14. The van der Waals surface area contributed by atoms with E-state index in [1.165, 1.54) is 30.1 Å². The van der Waals surface area contributed by atoms with Gasteiger partial charge in [-0.15, -0.1) is 10.2 Å². The summed E-state index contributed by atoms with van der Waals surface area (Å²) in [5, 5.41) is 11.8. The van der Waals surface area contributed by atoms with Crippen LogP contribution in [0.5, 0.6) is 0 Å². The number of amides is 1. The molecule has 0 spiro atoms. The van der Waals surface area contributed by atoms with Crippen LogP contribution in [0.3, 0.4) is 0 Å². The first-order chi connectivity index (χ1) is 7.79. The Bertz CT molecular complexity index is 484. The van der Waals surface area contributed by atoms with Gasteiger partial charge in [0.1, 0.15) is 11.3 Å². The van der Waals surface area contributed by atoms with Crippen LogP contribution in [-0.4, -0.2) is 26.1 Å². The van der Waals surface area contributed by atoms with Gasteiger partial charge >= 0.3 is 0 Å². The van der Waals surface area contributed by atoms with Gasteiger partial charge in [0, 0.05) is 12.4 Å². The van der Waals surface area contributed by atoms with Crippen LogP contribution in [0.25, 0.3) is 0 Å². The van der Waals surface area contributed by atoms with E-state index in [0.717, 1.165) is 11.4 Å². The molecule has 0 aliphatic carbocycles. The van der Waals surface area contributed by atoms with E-state index in [1.54, 1.807) is 0 Å². The zero-order chi connectivity index (χ0) is 11.4. The highest BCUT2D eigenvalue weighted by molar-refractivity contribution is 7.15. The lowest BCUT2D eigenvalue weighted by molar-refractivity contribution is 0.102. The number of anilines is 1. The second kappa shape index (κ2) is 4.75. The lowest BCUT2D eigenvalue weighted by atomic mass is 10.3. The van der Waals surface area contributed by atoms with Crippen molar-refractivity contribution in [3.63, 3.8) is 0 Å². The van der Waals surface area contributed by atoms with Crippen LogP contribution in [0.15, 0.2) is 18.7 Å². The number of hydrogen-bond acceptors (Lipinski definition) is 6. The molecule has 2 rings (SSSR count). The summed E-state index contributed by atoms with van der Waals surface area (Å²) < 4.78 is 0. The van der Waals surface area contributed by atoms with Gasteiger partial charge in [0.15, 0.2) is 0 Å². The number of nitrogens with zero attached hydrogens (tertiary/aromatic N) is 4. The Hall–Kier alpha value is -1.89. The molecule has 1 amide bonds. The third kappa shape index (κ3) is 2.37. The van der Waals surface area contributed by atoms with Gasteiger partial charge < -0.3 is 0 Å². The molecule has 1 N–H and O–H groups in total. The Morgan fingerprint density at radius 1 is 1.38 bits per heavy atom. The summed E-state index contributed by atoms with van der Waals surface area (Å²) in [6, 6.07) is 0. The monoisotopic (exact) mass is 235 g/mol. The zero-order valence-electron chi connectivity index (χ0n) is 8.54. The molecule has 0 atom stereocenters. The van der Waals surface area contributed by atoms with Gasteiger partial charge in [0.25, 0.3) is 5.91 Å². The highest BCUT2D eigenvalue weighted by atomic mass is 32.1. The summed E-state index contributed by atoms with van der Waals surface area (Å²) in [6.07, 6.45) is 5.08. The van der Waals surface area contributed by atoms with E-state index < -0.39 is 0 Å². The first kappa shape index (κ1) is 10.6. The SMILES string of the molecule is CCc1nnc(NC(=O)c2cncnc2)s1. The third-order valence-electron chi connectivity index (χ3n) is 1.81. The van der Waals surface area contributed by atoms with Gasteiger partial charge in [-0.3, -0.25) is 10.1 Å². The van der Waals surface area contributed by atoms with Gasteiger partial charge in [-0.25, -0.2) is 9.97 Å². The third-order valence-corrected chi connectivity index (χ3v) is 2.80. The Balaban J connectivity index is 2.08. The molecule has 7 heteroatoms. The predicted molar refractivity (Wildman–Crippen MR) is 59.3 cm³/mol. The van der Waals surface area contributed by atoms with Crippen molar-refractivity contribution in [1.29, 1.82) is 0 Å².